The van der Waals surface area contributed by atoms with Gasteiger partial charge in [-0.05, 0) is 43.2 Å². The minimum absolute atomic E-state index is 0.0129. The smallest absolute Gasteiger partial charge is 0.238 e. The van der Waals surface area contributed by atoms with E-state index in [1.807, 2.05) is 50.2 Å². The van der Waals surface area contributed by atoms with Gasteiger partial charge in [-0.15, -0.1) is 0 Å². The maximum Gasteiger partial charge on any atom is 0.238 e. The SMILES string of the molecule is Cc1ccc(NC(=O)CN[C@@H](C)c2ccccc2Cl)cc1Cl. The van der Waals surface area contributed by atoms with E-state index in [1.54, 1.807) is 6.07 Å². The molecule has 0 fully saturated rings. The van der Waals surface area contributed by atoms with Crippen LogP contribution >= 0.6 is 23.2 Å². The minimum Gasteiger partial charge on any atom is -0.325 e. The predicted octanol–water partition coefficient (Wildman–Crippen LogP) is 4.59. The number of carbonyl (C=O) groups is 1. The van der Waals surface area contributed by atoms with Crippen molar-refractivity contribution in [3.63, 3.8) is 0 Å². The molecule has 0 aliphatic carbocycles. The third-order valence-corrected chi connectivity index (χ3v) is 4.15. The van der Waals surface area contributed by atoms with E-state index in [0.29, 0.717) is 15.7 Å². The normalized spacial score (nSPS) is 12.0. The number of aryl methyl sites for hydroxylation is 1. The molecule has 0 aromatic heterocycles. The van der Waals surface area contributed by atoms with E-state index in [1.165, 1.54) is 0 Å². The summed E-state index contributed by atoms with van der Waals surface area (Å²) in [6.45, 7) is 4.08. The van der Waals surface area contributed by atoms with Crippen LogP contribution < -0.4 is 10.6 Å². The number of hydrogen-bond donors (Lipinski definition) is 2. The molecular formula is C17H18Cl2N2O. The van der Waals surface area contributed by atoms with Gasteiger partial charge in [0.2, 0.25) is 5.91 Å². The molecule has 22 heavy (non-hydrogen) atoms. The van der Waals surface area contributed by atoms with Crippen LogP contribution in [0.2, 0.25) is 10.0 Å². The average molecular weight is 337 g/mol. The molecule has 0 aliphatic rings. The number of nitrogens with one attached hydrogen (secondary N) is 2. The lowest BCUT2D eigenvalue weighted by molar-refractivity contribution is -0.115. The predicted molar refractivity (Wildman–Crippen MR) is 92.7 cm³/mol. The van der Waals surface area contributed by atoms with Crippen molar-refractivity contribution in [3.05, 3.63) is 63.6 Å². The summed E-state index contributed by atoms with van der Waals surface area (Å²) in [5.41, 5.74) is 2.63. The molecular weight excluding hydrogens is 319 g/mol. The van der Waals surface area contributed by atoms with Crippen LogP contribution in [0, 0.1) is 6.92 Å². The van der Waals surface area contributed by atoms with Crippen molar-refractivity contribution < 1.29 is 4.79 Å². The van der Waals surface area contributed by atoms with Crippen molar-refractivity contribution in [2.24, 2.45) is 0 Å². The Kier molecular flexibility index (Phi) is 5.83. The maximum atomic E-state index is 12.0. The minimum atomic E-state index is -0.126. The fourth-order valence-corrected chi connectivity index (χ4v) is 2.54. The Morgan fingerprint density at radius 3 is 2.55 bits per heavy atom. The molecule has 0 saturated carbocycles. The van der Waals surface area contributed by atoms with Gasteiger partial charge in [-0.3, -0.25) is 4.79 Å². The van der Waals surface area contributed by atoms with Gasteiger partial charge in [0.1, 0.15) is 0 Å². The second-order valence-corrected chi connectivity index (χ2v) is 5.95. The molecule has 0 spiro atoms. The van der Waals surface area contributed by atoms with Crippen molar-refractivity contribution >= 4 is 34.8 Å². The molecule has 3 nitrogen and oxygen atoms in total. The number of anilines is 1. The van der Waals surface area contributed by atoms with Crippen LogP contribution in [0.25, 0.3) is 0 Å². The molecule has 2 aromatic rings. The molecule has 0 saturated heterocycles. The van der Waals surface area contributed by atoms with Crippen molar-refractivity contribution in [3.8, 4) is 0 Å². The molecule has 2 N–H and O–H groups in total. The molecule has 5 heteroatoms. The van der Waals surface area contributed by atoms with Gasteiger partial charge in [-0.2, -0.15) is 0 Å². The van der Waals surface area contributed by atoms with Gasteiger partial charge in [0.05, 0.1) is 6.54 Å². The summed E-state index contributed by atoms with van der Waals surface area (Å²) in [5, 5.41) is 7.29. The monoisotopic (exact) mass is 336 g/mol. The molecule has 1 atom stereocenters. The number of rotatable bonds is 5. The van der Waals surface area contributed by atoms with Crippen molar-refractivity contribution in [2.75, 3.05) is 11.9 Å². The number of amides is 1. The van der Waals surface area contributed by atoms with E-state index in [2.05, 4.69) is 10.6 Å². The van der Waals surface area contributed by atoms with Crippen LogP contribution in [0.3, 0.4) is 0 Å². The van der Waals surface area contributed by atoms with Crippen molar-refractivity contribution in [1.29, 1.82) is 0 Å². The molecule has 1 amide bonds. The van der Waals surface area contributed by atoms with Gasteiger partial charge in [-0.1, -0.05) is 47.5 Å². The first-order valence-electron chi connectivity index (χ1n) is 7.01. The van der Waals surface area contributed by atoms with E-state index in [-0.39, 0.29) is 18.5 Å². The number of hydrogen-bond acceptors (Lipinski definition) is 2. The highest BCUT2D eigenvalue weighted by Crippen LogP contribution is 2.22. The highest BCUT2D eigenvalue weighted by atomic mass is 35.5. The molecule has 0 aliphatic heterocycles. The lowest BCUT2D eigenvalue weighted by Crippen LogP contribution is -2.30. The summed E-state index contributed by atoms with van der Waals surface area (Å²) in [5.74, 6) is -0.126. The molecule has 116 valence electrons. The second kappa shape index (κ2) is 7.63. The molecule has 2 aromatic carbocycles. The van der Waals surface area contributed by atoms with Crippen molar-refractivity contribution in [1.82, 2.24) is 5.32 Å². The number of benzene rings is 2. The quantitative estimate of drug-likeness (QED) is 0.838. The third-order valence-electron chi connectivity index (χ3n) is 3.40. The molecule has 0 bridgehead atoms. The van der Waals surface area contributed by atoms with E-state index in [9.17, 15) is 4.79 Å². The summed E-state index contributed by atoms with van der Waals surface area (Å²) in [7, 11) is 0. The zero-order chi connectivity index (χ0) is 16.1. The third kappa shape index (κ3) is 4.47. The van der Waals surface area contributed by atoms with Gasteiger partial charge >= 0.3 is 0 Å². The van der Waals surface area contributed by atoms with Crippen LogP contribution in [0.5, 0.6) is 0 Å². The standard InChI is InChI=1S/C17H18Cl2N2O/c1-11-7-8-13(9-16(11)19)21-17(22)10-20-12(2)14-5-3-4-6-15(14)18/h3-9,12,20H,10H2,1-2H3,(H,21,22)/t12-/m0/s1. The highest BCUT2D eigenvalue weighted by Gasteiger charge is 2.10. The zero-order valence-electron chi connectivity index (χ0n) is 12.5. The fourth-order valence-electron chi connectivity index (χ4n) is 2.06. The summed E-state index contributed by atoms with van der Waals surface area (Å²) < 4.78 is 0. The van der Waals surface area contributed by atoms with Crippen LogP contribution in [-0.2, 0) is 4.79 Å². The first-order valence-corrected chi connectivity index (χ1v) is 7.77. The van der Waals surface area contributed by atoms with Gasteiger partial charge < -0.3 is 10.6 Å². The Morgan fingerprint density at radius 2 is 1.86 bits per heavy atom. The second-order valence-electron chi connectivity index (χ2n) is 5.14. The van der Waals surface area contributed by atoms with Gasteiger partial charge in [0, 0.05) is 21.8 Å². The van der Waals surface area contributed by atoms with E-state index >= 15 is 0 Å². The molecule has 0 radical (unpaired) electrons. The van der Waals surface area contributed by atoms with E-state index in [0.717, 1.165) is 11.1 Å². The Morgan fingerprint density at radius 1 is 1.14 bits per heavy atom. The fraction of sp³-hybridized carbons (Fsp3) is 0.235. The van der Waals surface area contributed by atoms with Crippen LogP contribution in [-0.4, -0.2) is 12.5 Å². The molecule has 0 heterocycles. The van der Waals surface area contributed by atoms with Crippen LogP contribution in [0.4, 0.5) is 5.69 Å². The van der Waals surface area contributed by atoms with Gasteiger partial charge in [0.25, 0.3) is 0 Å². The van der Waals surface area contributed by atoms with Crippen molar-refractivity contribution in [2.45, 2.75) is 19.9 Å². The molecule has 0 unspecified atom stereocenters. The zero-order valence-corrected chi connectivity index (χ0v) is 14.0. The highest BCUT2D eigenvalue weighted by molar-refractivity contribution is 6.31. The summed E-state index contributed by atoms with van der Waals surface area (Å²) in [4.78, 5) is 12.0. The first kappa shape index (κ1) is 16.8. The summed E-state index contributed by atoms with van der Waals surface area (Å²) in [6.07, 6.45) is 0. The topological polar surface area (TPSA) is 41.1 Å². The Balaban J connectivity index is 1.90. The molecule has 2 rings (SSSR count). The van der Waals surface area contributed by atoms with Gasteiger partial charge in [0.15, 0.2) is 0 Å². The first-order chi connectivity index (χ1) is 10.5. The van der Waals surface area contributed by atoms with E-state index in [4.69, 9.17) is 23.2 Å². The van der Waals surface area contributed by atoms with E-state index < -0.39 is 0 Å². The lowest BCUT2D eigenvalue weighted by Gasteiger charge is -2.15. The number of halogens is 2. The Hall–Kier alpha value is -1.55. The Labute approximate surface area is 140 Å². The number of carbonyl (C=O) groups excluding carboxylic acids is 1. The van der Waals surface area contributed by atoms with Crippen LogP contribution in [0.15, 0.2) is 42.5 Å². The summed E-state index contributed by atoms with van der Waals surface area (Å²) >= 11 is 12.2. The largest absolute Gasteiger partial charge is 0.325 e. The average Bonchev–Trinajstić information content (AvgIpc) is 2.49. The van der Waals surface area contributed by atoms with Crippen LogP contribution in [0.1, 0.15) is 24.1 Å². The lowest BCUT2D eigenvalue weighted by atomic mass is 10.1. The van der Waals surface area contributed by atoms with Gasteiger partial charge in [-0.25, -0.2) is 0 Å². The Bertz CT molecular complexity index is 673. The summed E-state index contributed by atoms with van der Waals surface area (Å²) in [6, 6.07) is 13.0. The maximum absolute atomic E-state index is 12.0.